The summed E-state index contributed by atoms with van der Waals surface area (Å²) in [4.78, 5) is 33.3. The van der Waals surface area contributed by atoms with Gasteiger partial charge in [-0.2, -0.15) is 0 Å². The molecule has 1 N–H and O–H groups in total. The fourth-order valence-electron chi connectivity index (χ4n) is 1.15. The number of likely N-dealkylation sites (N-methyl/N-ethyl adjacent to an activating group) is 1. The summed E-state index contributed by atoms with van der Waals surface area (Å²) in [6.07, 6.45) is 0.154. The van der Waals surface area contributed by atoms with Crippen molar-refractivity contribution < 1.29 is 28.6 Å². The first-order valence-electron chi connectivity index (χ1n) is 5.55. The highest BCUT2D eigenvalue weighted by molar-refractivity contribution is 5.82. The van der Waals surface area contributed by atoms with Gasteiger partial charge in [-0.3, -0.25) is 14.4 Å². The van der Waals surface area contributed by atoms with Crippen LogP contribution in [0.2, 0.25) is 0 Å². The average molecular weight is 261 g/mol. The van der Waals surface area contributed by atoms with Gasteiger partial charge in [-0.25, -0.2) is 0 Å². The second kappa shape index (κ2) is 9.41. The third-order valence-corrected chi connectivity index (χ3v) is 2.15. The number of hydrogen-bond acceptors (Lipinski definition) is 6. The highest BCUT2D eigenvalue weighted by atomic mass is 16.7. The summed E-state index contributed by atoms with van der Waals surface area (Å²) in [6.45, 7) is 0. The largest absolute Gasteiger partial charge is 0.469 e. The number of carbonyl (C=O) groups excluding carboxylic acids is 3. The number of nitrogens with one attached hydrogen (secondary N) is 1. The first-order chi connectivity index (χ1) is 8.54. The molecule has 0 fully saturated rings. The Balaban J connectivity index is 3.82. The number of amides is 1. The highest BCUT2D eigenvalue weighted by Crippen LogP contribution is 2.04. The van der Waals surface area contributed by atoms with E-state index in [0.29, 0.717) is 12.8 Å². The second-order valence-corrected chi connectivity index (χ2v) is 3.45. The third kappa shape index (κ3) is 6.85. The molecule has 0 aliphatic heterocycles. The van der Waals surface area contributed by atoms with Crippen molar-refractivity contribution >= 4 is 17.8 Å². The number of carbonyl (C=O) groups is 3. The van der Waals surface area contributed by atoms with Crippen molar-refractivity contribution in [1.29, 1.82) is 0 Å². The predicted octanol–water partition coefficient (Wildman–Crippen LogP) is -0.0185. The molecule has 1 unspecified atom stereocenters. The van der Waals surface area contributed by atoms with Crippen molar-refractivity contribution in [2.24, 2.45) is 0 Å². The fourth-order valence-corrected chi connectivity index (χ4v) is 1.15. The van der Waals surface area contributed by atoms with Crippen LogP contribution < -0.4 is 5.32 Å². The van der Waals surface area contributed by atoms with Crippen molar-refractivity contribution in [3.63, 3.8) is 0 Å². The van der Waals surface area contributed by atoms with Gasteiger partial charge in [-0.1, -0.05) is 0 Å². The van der Waals surface area contributed by atoms with Crippen molar-refractivity contribution in [2.45, 2.75) is 32.0 Å². The summed E-state index contributed by atoms with van der Waals surface area (Å²) in [7, 11) is 3.99. The summed E-state index contributed by atoms with van der Waals surface area (Å²) in [5.74, 6) is -1.39. The van der Waals surface area contributed by atoms with Crippen LogP contribution in [-0.4, -0.2) is 45.4 Å². The predicted molar refractivity (Wildman–Crippen MR) is 61.4 cm³/mol. The lowest BCUT2D eigenvalue weighted by Gasteiger charge is -2.14. The second-order valence-electron chi connectivity index (χ2n) is 3.45. The van der Waals surface area contributed by atoms with Crippen molar-refractivity contribution in [1.82, 2.24) is 5.32 Å². The smallest absolute Gasteiger partial charge is 0.308 e. The van der Waals surface area contributed by atoms with Crippen molar-refractivity contribution in [2.75, 3.05) is 21.3 Å². The van der Waals surface area contributed by atoms with Crippen LogP contribution in [0.5, 0.6) is 0 Å². The molecule has 1 amide bonds. The number of rotatable bonds is 8. The van der Waals surface area contributed by atoms with E-state index < -0.39 is 18.2 Å². The molecule has 18 heavy (non-hydrogen) atoms. The molecule has 0 aromatic carbocycles. The maximum absolute atomic E-state index is 11.3. The minimum atomic E-state index is -1.23. The topological polar surface area (TPSA) is 90.9 Å². The third-order valence-electron chi connectivity index (χ3n) is 2.15. The van der Waals surface area contributed by atoms with Crippen LogP contribution in [0.25, 0.3) is 0 Å². The summed E-state index contributed by atoms with van der Waals surface area (Å²) in [6, 6.07) is 0. The molecule has 0 saturated carbocycles. The van der Waals surface area contributed by atoms with Crippen LogP contribution in [0.3, 0.4) is 0 Å². The van der Waals surface area contributed by atoms with Crippen LogP contribution in [-0.2, 0) is 28.6 Å². The Morgan fingerprint density at radius 2 is 1.61 bits per heavy atom. The van der Waals surface area contributed by atoms with E-state index in [2.05, 4.69) is 10.1 Å². The van der Waals surface area contributed by atoms with Crippen molar-refractivity contribution in [3.05, 3.63) is 0 Å². The maximum Gasteiger partial charge on any atom is 0.308 e. The number of ether oxygens (including phenoxy) is 3. The van der Waals surface area contributed by atoms with E-state index in [0.717, 1.165) is 0 Å². The Morgan fingerprint density at radius 3 is 2.06 bits per heavy atom. The lowest BCUT2D eigenvalue weighted by Crippen LogP contribution is -2.36. The van der Waals surface area contributed by atoms with Crippen molar-refractivity contribution in [3.8, 4) is 0 Å². The molecule has 0 aliphatic carbocycles. The Morgan fingerprint density at radius 1 is 1.06 bits per heavy atom. The molecule has 0 radical (unpaired) electrons. The quantitative estimate of drug-likeness (QED) is 0.375. The first-order valence-corrected chi connectivity index (χ1v) is 5.55. The van der Waals surface area contributed by atoms with Gasteiger partial charge in [0, 0.05) is 27.0 Å². The fraction of sp³-hybridized carbons (Fsp3) is 0.727. The summed E-state index contributed by atoms with van der Waals surface area (Å²) >= 11 is 0. The van der Waals surface area contributed by atoms with E-state index in [1.807, 2.05) is 0 Å². The molecular weight excluding hydrogens is 242 g/mol. The molecule has 7 nitrogen and oxygen atoms in total. The summed E-state index contributed by atoms with van der Waals surface area (Å²) in [5, 5.41) is 2.31. The minimum absolute atomic E-state index is 0.119. The average Bonchev–Trinajstić information content (AvgIpc) is 2.39. The number of esters is 2. The number of hydrogen-bond donors (Lipinski definition) is 1. The van der Waals surface area contributed by atoms with Gasteiger partial charge < -0.3 is 19.5 Å². The van der Waals surface area contributed by atoms with Crippen LogP contribution in [0, 0.1) is 0 Å². The molecule has 104 valence electrons. The Hall–Kier alpha value is -1.63. The van der Waals surface area contributed by atoms with Gasteiger partial charge in [0.25, 0.3) is 12.2 Å². The van der Waals surface area contributed by atoms with Crippen LogP contribution in [0.4, 0.5) is 0 Å². The molecule has 0 spiro atoms. The van der Waals surface area contributed by atoms with Gasteiger partial charge >= 0.3 is 11.9 Å². The van der Waals surface area contributed by atoms with E-state index in [1.54, 1.807) is 0 Å². The molecular formula is C11H19NO6. The molecule has 0 aliphatic rings. The zero-order chi connectivity index (χ0) is 14.0. The van der Waals surface area contributed by atoms with Crippen LogP contribution in [0.1, 0.15) is 25.7 Å². The Labute approximate surface area is 106 Å². The molecule has 1 atom stereocenters. The molecule has 0 bridgehead atoms. The van der Waals surface area contributed by atoms with Gasteiger partial charge in [-0.05, 0) is 12.8 Å². The van der Waals surface area contributed by atoms with Crippen LogP contribution >= 0.6 is 0 Å². The highest BCUT2D eigenvalue weighted by Gasteiger charge is 2.20. The van der Waals surface area contributed by atoms with E-state index in [9.17, 15) is 14.4 Å². The van der Waals surface area contributed by atoms with Gasteiger partial charge in [0.15, 0.2) is 0 Å². The van der Waals surface area contributed by atoms with E-state index in [4.69, 9.17) is 9.47 Å². The Bertz CT molecular complexity index is 291. The van der Waals surface area contributed by atoms with E-state index in [1.165, 1.54) is 21.3 Å². The van der Waals surface area contributed by atoms with Crippen LogP contribution in [0.15, 0.2) is 0 Å². The normalized spacial score (nSPS) is 11.5. The first kappa shape index (κ1) is 16.4. The summed E-state index contributed by atoms with van der Waals surface area (Å²) in [5.41, 5.74) is 0. The van der Waals surface area contributed by atoms with Gasteiger partial charge in [0.1, 0.15) is 0 Å². The van der Waals surface area contributed by atoms with Gasteiger partial charge in [0.2, 0.25) is 0 Å². The maximum atomic E-state index is 11.3. The lowest BCUT2D eigenvalue weighted by atomic mass is 10.2. The molecule has 0 heterocycles. The monoisotopic (exact) mass is 261 g/mol. The Kier molecular flexibility index (Phi) is 8.55. The van der Waals surface area contributed by atoms with Gasteiger partial charge in [-0.15, -0.1) is 0 Å². The SMILES string of the molecule is CNC(=O)C(OC)OC(=O)CCCCC(=O)OC. The minimum Gasteiger partial charge on any atom is -0.469 e. The molecule has 0 rings (SSSR count). The van der Waals surface area contributed by atoms with E-state index >= 15 is 0 Å². The molecule has 0 saturated heterocycles. The number of methoxy groups -OCH3 is 2. The zero-order valence-corrected chi connectivity index (χ0v) is 10.9. The lowest BCUT2D eigenvalue weighted by molar-refractivity contribution is -0.181. The molecule has 0 aromatic heterocycles. The standard InChI is InChI=1S/C11H19NO6/c1-12-10(15)11(17-3)18-9(14)7-5-4-6-8(13)16-2/h11H,4-7H2,1-3H3,(H,12,15). The number of unbranched alkanes of at least 4 members (excludes halogenated alkanes) is 1. The zero-order valence-electron chi connectivity index (χ0n) is 10.9. The van der Waals surface area contributed by atoms with Gasteiger partial charge in [0.05, 0.1) is 7.11 Å². The van der Waals surface area contributed by atoms with E-state index in [-0.39, 0.29) is 18.8 Å². The molecule has 0 aromatic rings. The molecule has 7 heteroatoms. The summed E-state index contributed by atoms with van der Waals surface area (Å²) < 4.78 is 14.0.